The standard InChI is InChI=1S/C21H29N3O3S/c1-15(2)13-24-20(27)22(4)19(26)21(24)9-11-23(12-10-21)18(25)14-28-17-8-6-5-7-16(17)3/h5-8,15H,9-14H2,1-4H3. The lowest BCUT2D eigenvalue weighted by Gasteiger charge is -2.42. The highest BCUT2D eigenvalue weighted by atomic mass is 32.2. The number of piperidine rings is 1. The average molecular weight is 404 g/mol. The van der Waals surface area contributed by atoms with Crippen molar-refractivity contribution in [3.8, 4) is 0 Å². The lowest BCUT2D eigenvalue weighted by Crippen LogP contribution is -2.58. The van der Waals surface area contributed by atoms with E-state index in [2.05, 4.69) is 0 Å². The van der Waals surface area contributed by atoms with E-state index in [-0.39, 0.29) is 23.8 Å². The fourth-order valence-electron chi connectivity index (χ4n) is 4.06. The first-order chi connectivity index (χ1) is 13.3. The van der Waals surface area contributed by atoms with Crippen molar-refractivity contribution in [2.45, 2.75) is 44.0 Å². The molecule has 0 bridgehead atoms. The number of thioether (sulfide) groups is 1. The molecule has 2 aliphatic rings. The summed E-state index contributed by atoms with van der Waals surface area (Å²) in [4.78, 5) is 44.1. The van der Waals surface area contributed by atoms with E-state index in [0.717, 1.165) is 4.90 Å². The number of imide groups is 1. The van der Waals surface area contributed by atoms with Crippen molar-refractivity contribution in [2.75, 3.05) is 32.4 Å². The van der Waals surface area contributed by atoms with E-state index in [9.17, 15) is 14.4 Å². The smallest absolute Gasteiger partial charge is 0.327 e. The number of nitrogens with zero attached hydrogens (tertiary/aromatic N) is 3. The van der Waals surface area contributed by atoms with Crippen LogP contribution >= 0.6 is 11.8 Å². The predicted octanol–water partition coefficient (Wildman–Crippen LogP) is 3.00. The molecule has 4 amide bonds. The molecular weight excluding hydrogens is 374 g/mol. The van der Waals surface area contributed by atoms with Crippen LogP contribution in [0.4, 0.5) is 4.79 Å². The van der Waals surface area contributed by atoms with E-state index in [1.807, 2.05) is 49.9 Å². The summed E-state index contributed by atoms with van der Waals surface area (Å²) in [5, 5.41) is 0. The van der Waals surface area contributed by atoms with E-state index in [4.69, 9.17) is 0 Å². The van der Waals surface area contributed by atoms with Crippen molar-refractivity contribution in [3.05, 3.63) is 29.8 Å². The van der Waals surface area contributed by atoms with Gasteiger partial charge in [0.25, 0.3) is 5.91 Å². The molecule has 0 saturated carbocycles. The van der Waals surface area contributed by atoms with Gasteiger partial charge in [0.1, 0.15) is 5.54 Å². The van der Waals surface area contributed by atoms with Crippen LogP contribution in [0, 0.1) is 12.8 Å². The van der Waals surface area contributed by atoms with Crippen molar-refractivity contribution in [3.63, 3.8) is 0 Å². The second kappa shape index (κ2) is 8.15. The highest BCUT2D eigenvalue weighted by molar-refractivity contribution is 8.00. The minimum Gasteiger partial charge on any atom is -0.342 e. The third-order valence-corrected chi connectivity index (χ3v) is 6.83. The molecule has 2 fully saturated rings. The summed E-state index contributed by atoms with van der Waals surface area (Å²) in [6.07, 6.45) is 1.02. The molecule has 28 heavy (non-hydrogen) atoms. The van der Waals surface area contributed by atoms with Crippen molar-refractivity contribution < 1.29 is 14.4 Å². The molecule has 0 unspecified atom stereocenters. The maximum Gasteiger partial charge on any atom is 0.327 e. The molecule has 2 aliphatic heterocycles. The molecule has 152 valence electrons. The lowest BCUT2D eigenvalue weighted by molar-refractivity contribution is -0.139. The van der Waals surface area contributed by atoms with Gasteiger partial charge in [-0.1, -0.05) is 32.0 Å². The van der Waals surface area contributed by atoms with Gasteiger partial charge < -0.3 is 9.80 Å². The molecule has 7 heteroatoms. The summed E-state index contributed by atoms with van der Waals surface area (Å²) in [5.74, 6) is 0.633. The molecule has 6 nitrogen and oxygen atoms in total. The molecule has 2 heterocycles. The summed E-state index contributed by atoms with van der Waals surface area (Å²) < 4.78 is 0. The molecule has 0 aliphatic carbocycles. The number of likely N-dealkylation sites (N-methyl/N-ethyl adjacent to an activating group) is 1. The molecule has 0 aromatic heterocycles. The Balaban J connectivity index is 1.64. The summed E-state index contributed by atoms with van der Waals surface area (Å²) in [6.45, 7) is 7.71. The number of hydrogen-bond donors (Lipinski definition) is 0. The molecule has 0 atom stereocenters. The van der Waals surface area contributed by atoms with E-state index < -0.39 is 5.54 Å². The monoisotopic (exact) mass is 403 g/mol. The van der Waals surface area contributed by atoms with Crippen molar-refractivity contribution in [2.24, 2.45) is 5.92 Å². The Morgan fingerprint density at radius 3 is 2.43 bits per heavy atom. The van der Waals surface area contributed by atoms with Crippen LogP contribution < -0.4 is 0 Å². The summed E-state index contributed by atoms with van der Waals surface area (Å²) in [5.41, 5.74) is 0.385. The van der Waals surface area contributed by atoms with Crippen molar-refractivity contribution >= 4 is 29.6 Å². The molecule has 0 N–H and O–H groups in total. The molecular formula is C21H29N3O3S. The minimum absolute atomic E-state index is 0.0867. The highest BCUT2D eigenvalue weighted by Crippen LogP contribution is 2.37. The van der Waals surface area contributed by atoms with E-state index >= 15 is 0 Å². The number of urea groups is 1. The van der Waals surface area contributed by atoms with E-state index in [1.165, 1.54) is 10.5 Å². The van der Waals surface area contributed by atoms with Crippen LogP contribution in [0.25, 0.3) is 0 Å². The van der Waals surface area contributed by atoms with Gasteiger partial charge in [-0.2, -0.15) is 0 Å². The number of carbonyl (C=O) groups excluding carboxylic acids is 3. The van der Waals surface area contributed by atoms with Crippen LogP contribution in [0.5, 0.6) is 0 Å². The van der Waals surface area contributed by atoms with Crippen LogP contribution in [0.3, 0.4) is 0 Å². The summed E-state index contributed by atoms with van der Waals surface area (Å²) in [7, 11) is 1.56. The SMILES string of the molecule is Cc1ccccc1SCC(=O)N1CCC2(CC1)C(=O)N(C)C(=O)N2CC(C)C. The molecule has 3 rings (SSSR count). The third-order valence-electron chi connectivity index (χ3n) is 5.67. The maximum atomic E-state index is 12.9. The minimum atomic E-state index is -0.782. The van der Waals surface area contributed by atoms with Gasteiger partial charge in [0.05, 0.1) is 5.75 Å². The largest absolute Gasteiger partial charge is 0.342 e. The second-order valence-corrected chi connectivity index (χ2v) is 9.13. The van der Waals surface area contributed by atoms with Gasteiger partial charge in [0, 0.05) is 31.6 Å². The highest BCUT2D eigenvalue weighted by Gasteiger charge is 2.57. The lowest BCUT2D eigenvalue weighted by atomic mass is 9.85. The first-order valence-corrected chi connectivity index (χ1v) is 10.8. The zero-order valence-corrected chi connectivity index (χ0v) is 17.9. The average Bonchev–Trinajstić information content (AvgIpc) is 2.84. The Morgan fingerprint density at radius 1 is 1.18 bits per heavy atom. The van der Waals surface area contributed by atoms with Crippen LogP contribution in [0.1, 0.15) is 32.3 Å². The zero-order valence-electron chi connectivity index (χ0n) is 17.1. The Kier molecular flexibility index (Phi) is 6.03. The number of benzene rings is 1. The molecule has 2 saturated heterocycles. The number of rotatable bonds is 5. The summed E-state index contributed by atoms with van der Waals surface area (Å²) in [6, 6.07) is 7.83. The molecule has 1 aromatic carbocycles. The maximum absolute atomic E-state index is 12.9. The van der Waals surface area contributed by atoms with Gasteiger partial charge in [-0.3, -0.25) is 14.5 Å². The van der Waals surface area contributed by atoms with Gasteiger partial charge in [-0.15, -0.1) is 11.8 Å². The Morgan fingerprint density at radius 2 is 1.82 bits per heavy atom. The van der Waals surface area contributed by atoms with Gasteiger partial charge in [0.15, 0.2) is 0 Å². The van der Waals surface area contributed by atoms with E-state index in [1.54, 1.807) is 23.7 Å². The Labute approximate surface area is 171 Å². The van der Waals surface area contributed by atoms with Gasteiger partial charge >= 0.3 is 6.03 Å². The molecule has 1 spiro atoms. The Bertz CT molecular complexity index is 772. The number of aryl methyl sites for hydroxylation is 1. The Hall–Kier alpha value is -2.02. The first kappa shape index (κ1) is 20.7. The molecule has 1 aromatic rings. The fraction of sp³-hybridized carbons (Fsp3) is 0.571. The zero-order chi connectivity index (χ0) is 20.5. The van der Waals surface area contributed by atoms with Gasteiger partial charge in [-0.05, 0) is 37.3 Å². The van der Waals surface area contributed by atoms with Gasteiger partial charge in [-0.25, -0.2) is 4.79 Å². The van der Waals surface area contributed by atoms with Crippen molar-refractivity contribution in [1.82, 2.24) is 14.7 Å². The molecule has 0 radical (unpaired) electrons. The van der Waals surface area contributed by atoms with Crippen molar-refractivity contribution in [1.29, 1.82) is 0 Å². The second-order valence-electron chi connectivity index (χ2n) is 8.12. The van der Waals surface area contributed by atoms with Crippen LogP contribution in [0.2, 0.25) is 0 Å². The first-order valence-electron chi connectivity index (χ1n) is 9.82. The van der Waals surface area contributed by atoms with Gasteiger partial charge in [0.2, 0.25) is 5.91 Å². The summed E-state index contributed by atoms with van der Waals surface area (Å²) >= 11 is 1.55. The number of hydrogen-bond acceptors (Lipinski definition) is 4. The topological polar surface area (TPSA) is 60.9 Å². The normalized spacial score (nSPS) is 19.2. The fourth-order valence-corrected chi connectivity index (χ4v) is 4.99. The number of carbonyl (C=O) groups is 3. The number of amides is 4. The number of likely N-dealkylation sites (tertiary alicyclic amines) is 1. The third kappa shape index (κ3) is 3.77. The van der Waals surface area contributed by atoms with Crippen LogP contribution in [0.15, 0.2) is 29.2 Å². The predicted molar refractivity (Wildman–Crippen MR) is 110 cm³/mol. The van der Waals surface area contributed by atoms with E-state index in [0.29, 0.717) is 38.2 Å². The van der Waals surface area contributed by atoms with Crippen LogP contribution in [-0.2, 0) is 9.59 Å². The quantitative estimate of drug-likeness (QED) is 0.560. The van der Waals surface area contributed by atoms with Crippen LogP contribution in [-0.4, -0.2) is 70.5 Å².